The molecule has 2 aliphatic carbocycles. The van der Waals surface area contributed by atoms with Crippen LogP contribution in [-0.2, 0) is 0 Å². The molecule has 2 atom stereocenters. The largest absolute Gasteiger partial charge is 0.385 e. The molecule has 0 bridgehead atoms. The number of rotatable bonds is 5. The molecular weight excluding hydrogens is 260 g/mol. The highest BCUT2D eigenvalue weighted by molar-refractivity contribution is 5.94. The van der Waals surface area contributed by atoms with Crippen LogP contribution in [0.4, 0.5) is 5.69 Å². The molecule has 0 aliphatic heterocycles. The van der Waals surface area contributed by atoms with Crippen LogP contribution >= 0.6 is 0 Å². The molecule has 3 nitrogen and oxygen atoms in total. The van der Waals surface area contributed by atoms with E-state index in [2.05, 4.69) is 17.6 Å². The van der Waals surface area contributed by atoms with E-state index in [9.17, 15) is 4.79 Å². The smallest absolute Gasteiger partial charge is 0.251 e. The van der Waals surface area contributed by atoms with Gasteiger partial charge in [0.2, 0.25) is 0 Å². The van der Waals surface area contributed by atoms with Crippen molar-refractivity contribution >= 4 is 11.6 Å². The van der Waals surface area contributed by atoms with Crippen molar-refractivity contribution in [3.05, 3.63) is 29.8 Å². The molecule has 0 saturated heterocycles. The van der Waals surface area contributed by atoms with E-state index >= 15 is 0 Å². The van der Waals surface area contributed by atoms with Crippen LogP contribution in [-0.4, -0.2) is 18.5 Å². The normalized spacial score (nSPS) is 25.4. The summed E-state index contributed by atoms with van der Waals surface area (Å²) in [5.74, 6) is 1.73. The zero-order chi connectivity index (χ0) is 14.7. The molecule has 0 heterocycles. The summed E-state index contributed by atoms with van der Waals surface area (Å²) >= 11 is 0. The summed E-state index contributed by atoms with van der Waals surface area (Å²) in [6.45, 7) is 3.41. The molecular formula is C18H26N2O. The van der Waals surface area contributed by atoms with E-state index in [0.29, 0.717) is 6.04 Å². The molecule has 21 heavy (non-hydrogen) atoms. The fourth-order valence-corrected chi connectivity index (χ4v) is 3.24. The molecule has 2 unspecified atom stereocenters. The summed E-state index contributed by atoms with van der Waals surface area (Å²) in [4.78, 5) is 11.9. The number of hydrogen-bond acceptors (Lipinski definition) is 2. The maximum absolute atomic E-state index is 11.9. The van der Waals surface area contributed by atoms with Crippen LogP contribution in [0.2, 0.25) is 0 Å². The minimum atomic E-state index is 0.0603. The van der Waals surface area contributed by atoms with Crippen LogP contribution in [0.1, 0.15) is 55.8 Å². The summed E-state index contributed by atoms with van der Waals surface area (Å²) in [5, 5.41) is 6.54. The fraction of sp³-hybridized carbons (Fsp3) is 0.611. The molecule has 3 rings (SSSR count). The van der Waals surface area contributed by atoms with Gasteiger partial charge < -0.3 is 10.6 Å². The minimum Gasteiger partial charge on any atom is -0.385 e. The highest BCUT2D eigenvalue weighted by atomic mass is 16.1. The molecule has 0 aromatic heterocycles. The molecule has 2 aliphatic rings. The van der Waals surface area contributed by atoms with Crippen LogP contribution < -0.4 is 10.6 Å². The first kappa shape index (κ1) is 14.4. The van der Waals surface area contributed by atoms with Gasteiger partial charge in [-0.05, 0) is 61.8 Å². The van der Waals surface area contributed by atoms with E-state index < -0.39 is 0 Å². The Morgan fingerprint density at radius 3 is 2.57 bits per heavy atom. The van der Waals surface area contributed by atoms with Gasteiger partial charge in [0, 0.05) is 23.8 Å². The molecule has 114 valence electrons. The lowest BCUT2D eigenvalue weighted by Gasteiger charge is -2.27. The Kier molecular flexibility index (Phi) is 4.47. The van der Waals surface area contributed by atoms with Crippen LogP contribution in [0, 0.1) is 11.8 Å². The predicted molar refractivity (Wildman–Crippen MR) is 86.5 cm³/mol. The third-order valence-electron chi connectivity index (χ3n) is 4.70. The number of anilines is 1. The highest BCUT2D eigenvalue weighted by Gasteiger charge is 2.23. The summed E-state index contributed by atoms with van der Waals surface area (Å²) in [6.07, 6.45) is 7.71. The Bertz CT molecular complexity index is 478. The molecule has 2 fully saturated rings. The fourth-order valence-electron chi connectivity index (χ4n) is 3.24. The minimum absolute atomic E-state index is 0.0603. The van der Waals surface area contributed by atoms with E-state index in [1.807, 2.05) is 24.3 Å². The average molecular weight is 286 g/mol. The van der Waals surface area contributed by atoms with Crippen molar-refractivity contribution in [2.24, 2.45) is 11.8 Å². The zero-order valence-corrected chi connectivity index (χ0v) is 12.9. The Morgan fingerprint density at radius 2 is 1.90 bits per heavy atom. The third-order valence-corrected chi connectivity index (χ3v) is 4.70. The number of carbonyl (C=O) groups is 1. The quantitative estimate of drug-likeness (QED) is 0.864. The van der Waals surface area contributed by atoms with E-state index in [-0.39, 0.29) is 5.91 Å². The monoisotopic (exact) mass is 286 g/mol. The summed E-state index contributed by atoms with van der Waals surface area (Å²) in [5.41, 5.74) is 1.88. The van der Waals surface area contributed by atoms with Gasteiger partial charge in [0.25, 0.3) is 5.91 Å². The number of hydrogen-bond donors (Lipinski definition) is 2. The average Bonchev–Trinajstić information content (AvgIpc) is 3.30. The lowest BCUT2D eigenvalue weighted by Crippen LogP contribution is -2.25. The van der Waals surface area contributed by atoms with Gasteiger partial charge in [0.1, 0.15) is 0 Å². The maximum atomic E-state index is 11.9. The SMILES string of the molecule is CC1CCCC(CNc2ccc(C(=O)NC3CC3)cc2)C1. The van der Waals surface area contributed by atoms with Gasteiger partial charge >= 0.3 is 0 Å². The summed E-state index contributed by atoms with van der Waals surface area (Å²) in [6, 6.07) is 8.30. The first-order valence-electron chi connectivity index (χ1n) is 8.35. The van der Waals surface area contributed by atoms with Gasteiger partial charge in [-0.25, -0.2) is 0 Å². The van der Waals surface area contributed by atoms with Crippen molar-refractivity contribution in [2.45, 2.75) is 51.5 Å². The number of amides is 1. The van der Waals surface area contributed by atoms with E-state index in [1.54, 1.807) is 0 Å². The second-order valence-corrected chi connectivity index (χ2v) is 6.84. The first-order valence-corrected chi connectivity index (χ1v) is 8.35. The number of benzene rings is 1. The van der Waals surface area contributed by atoms with Crippen molar-refractivity contribution in [1.29, 1.82) is 0 Å². The van der Waals surface area contributed by atoms with Gasteiger partial charge in [0.05, 0.1) is 0 Å². The van der Waals surface area contributed by atoms with Gasteiger partial charge in [-0.15, -0.1) is 0 Å². The van der Waals surface area contributed by atoms with Gasteiger partial charge in [0.15, 0.2) is 0 Å². The molecule has 1 amide bonds. The third kappa shape index (κ3) is 4.23. The van der Waals surface area contributed by atoms with Crippen LogP contribution in [0.15, 0.2) is 24.3 Å². The zero-order valence-electron chi connectivity index (χ0n) is 12.9. The number of nitrogens with one attached hydrogen (secondary N) is 2. The van der Waals surface area contributed by atoms with Crippen LogP contribution in [0.3, 0.4) is 0 Å². The van der Waals surface area contributed by atoms with Gasteiger partial charge in [-0.2, -0.15) is 0 Å². The van der Waals surface area contributed by atoms with E-state index in [1.165, 1.54) is 25.7 Å². The summed E-state index contributed by atoms with van der Waals surface area (Å²) in [7, 11) is 0. The number of carbonyl (C=O) groups excluding carboxylic acids is 1. The standard InChI is InChI=1S/C18H26N2O/c1-13-3-2-4-14(11-13)12-19-16-7-5-15(6-8-16)18(21)20-17-9-10-17/h5-8,13-14,17,19H,2-4,9-12H2,1H3,(H,20,21). The molecule has 0 radical (unpaired) electrons. The van der Waals surface area contributed by atoms with Gasteiger partial charge in [-0.1, -0.05) is 19.8 Å². The Hall–Kier alpha value is -1.51. The van der Waals surface area contributed by atoms with Crippen molar-refractivity contribution in [3.8, 4) is 0 Å². The molecule has 2 N–H and O–H groups in total. The molecule has 2 saturated carbocycles. The van der Waals surface area contributed by atoms with Crippen LogP contribution in [0.25, 0.3) is 0 Å². The lowest BCUT2D eigenvalue weighted by molar-refractivity contribution is 0.0951. The van der Waals surface area contributed by atoms with E-state index in [4.69, 9.17) is 0 Å². The van der Waals surface area contributed by atoms with Crippen LogP contribution in [0.5, 0.6) is 0 Å². The predicted octanol–water partition coefficient (Wildman–Crippen LogP) is 3.82. The topological polar surface area (TPSA) is 41.1 Å². The van der Waals surface area contributed by atoms with Crippen molar-refractivity contribution in [3.63, 3.8) is 0 Å². The van der Waals surface area contributed by atoms with Gasteiger partial charge in [-0.3, -0.25) is 4.79 Å². The highest BCUT2D eigenvalue weighted by Crippen LogP contribution is 2.28. The second kappa shape index (κ2) is 6.50. The van der Waals surface area contributed by atoms with Crippen molar-refractivity contribution in [1.82, 2.24) is 5.32 Å². The second-order valence-electron chi connectivity index (χ2n) is 6.84. The molecule has 0 spiro atoms. The Labute approximate surface area is 127 Å². The Morgan fingerprint density at radius 1 is 1.14 bits per heavy atom. The summed E-state index contributed by atoms with van der Waals surface area (Å²) < 4.78 is 0. The van der Waals surface area contributed by atoms with Crippen molar-refractivity contribution in [2.75, 3.05) is 11.9 Å². The molecule has 3 heteroatoms. The van der Waals surface area contributed by atoms with Crippen molar-refractivity contribution < 1.29 is 4.79 Å². The maximum Gasteiger partial charge on any atom is 0.251 e. The Balaban J connectivity index is 1.48. The first-order chi connectivity index (χ1) is 10.2. The van der Waals surface area contributed by atoms with E-state index in [0.717, 1.165) is 42.5 Å². The molecule has 1 aromatic carbocycles. The molecule has 1 aromatic rings. The lowest BCUT2D eigenvalue weighted by atomic mass is 9.82.